The second kappa shape index (κ2) is 4.22. The first-order valence-electron chi connectivity index (χ1n) is 5.43. The molecule has 0 aliphatic heterocycles. The molecule has 1 aromatic rings. The highest BCUT2D eigenvalue weighted by molar-refractivity contribution is 5.96. The molecule has 86 valence electrons. The minimum absolute atomic E-state index is 0.0483. The summed E-state index contributed by atoms with van der Waals surface area (Å²) in [5.74, 6) is -0.358. The fraction of sp³-hybridized carbons (Fsp3) is 0.417. The van der Waals surface area contributed by atoms with E-state index in [-0.39, 0.29) is 11.7 Å². The van der Waals surface area contributed by atoms with Crippen LogP contribution < -0.4 is 11.1 Å². The molecule has 2 rings (SSSR count). The maximum atomic E-state index is 12.7. The van der Waals surface area contributed by atoms with Crippen molar-refractivity contribution < 1.29 is 9.18 Å². The van der Waals surface area contributed by atoms with Crippen LogP contribution in [0.4, 0.5) is 10.1 Å². The van der Waals surface area contributed by atoms with Gasteiger partial charge in [0.2, 0.25) is 5.91 Å². The molecule has 0 heterocycles. The molecule has 1 aliphatic rings. The molecule has 1 aliphatic carbocycles. The molecule has 0 unspecified atom stereocenters. The van der Waals surface area contributed by atoms with E-state index in [2.05, 4.69) is 5.32 Å². The van der Waals surface area contributed by atoms with Gasteiger partial charge in [-0.25, -0.2) is 4.39 Å². The number of amides is 1. The van der Waals surface area contributed by atoms with E-state index in [1.54, 1.807) is 12.1 Å². The highest BCUT2D eigenvalue weighted by atomic mass is 19.1. The molecule has 0 atom stereocenters. The SMILES string of the molecule is NCC1(C(=O)Nc2ccc(F)cc2)CCC1. The van der Waals surface area contributed by atoms with Gasteiger partial charge in [-0.3, -0.25) is 4.79 Å². The average Bonchev–Trinajstić information content (AvgIpc) is 2.21. The number of nitrogens with two attached hydrogens (primary N) is 1. The van der Waals surface area contributed by atoms with Crippen LogP contribution in [0.3, 0.4) is 0 Å². The fourth-order valence-corrected chi connectivity index (χ4v) is 1.92. The Morgan fingerprint density at radius 2 is 2.00 bits per heavy atom. The minimum atomic E-state index is -0.394. The normalized spacial score (nSPS) is 17.6. The van der Waals surface area contributed by atoms with E-state index in [0.29, 0.717) is 12.2 Å². The Bertz CT molecular complexity index is 379. The number of hydrogen-bond donors (Lipinski definition) is 2. The quantitative estimate of drug-likeness (QED) is 0.820. The lowest BCUT2D eigenvalue weighted by molar-refractivity contribution is -0.129. The van der Waals surface area contributed by atoms with Gasteiger partial charge in [-0.15, -0.1) is 0 Å². The van der Waals surface area contributed by atoms with Gasteiger partial charge >= 0.3 is 0 Å². The Labute approximate surface area is 93.8 Å². The van der Waals surface area contributed by atoms with Gasteiger partial charge in [0, 0.05) is 12.2 Å². The van der Waals surface area contributed by atoms with Crippen molar-refractivity contribution in [1.29, 1.82) is 0 Å². The van der Waals surface area contributed by atoms with Gasteiger partial charge in [0.25, 0.3) is 0 Å². The molecule has 0 saturated heterocycles. The predicted octanol–water partition coefficient (Wildman–Crippen LogP) is 1.89. The molecule has 1 fully saturated rings. The molecule has 0 radical (unpaired) electrons. The third-order valence-electron chi connectivity index (χ3n) is 3.29. The van der Waals surface area contributed by atoms with Crippen molar-refractivity contribution in [2.45, 2.75) is 19.3 Å². The topological polar surface area (TPSA) is 55.1 Å². The summed E-state index contributed by atoms with van der Waals surface area (Å²) in [5.41, 5.74) is 5.85. The van der Waals surface area contributed by atoms with Gasteiger partial charge in [0.1, 0.15) is 5.82 Å². The smallest absolute Gasteiger partial charge is 0.231 e. The van der Waals surface area contributed by atoms with Crippen LogP contribution in [0.2, 0.25) is 0 Å². The second-order valence-corrected chi connectivity index (χ2v) is 4.30. The molecule has 0 spiro atoms. The number of benzene rings is 1. The van der Waals surface area contributed by atoms with E-state index in [1.165, 1.54) is 12.1 Å². The van der Waals surface area contributed by atoms with Crippen LogP contribution in [0.15, 0.2) is 24.3 Å². The number of halogens is 1. The molecule has 3 N–H and O–H groups in total. The lowest BCUT2D eigenvalue weighted by atomic mass is 9.68. The molecule has 1 saturated carbocycles. The number of carbonyl (C=O) groups is 1. The lowest BCUT2D eigenvalue weighted by Gasteiger charge is -2.39. The van der Waals surface area contributed by atoms with Gasteiger partial charge in [-0.2, -0.15) is 0 Å². The van der Waals surface area contributed by atoms with Crippen molar-refractivity contribution >= 4 is 11.6 Å². The number of hydrogen-bond acceptors (Lipinski definition) is 2. The zero-order valence-electron chi connectivity index (χ0n) is 9.00. The monoisotopic (exact) mass is 222 g/mol. The third kappa shape index (κ3) is 1.93. The van der Waals surface area contributed by atoms with Crippen LogP contribution in [0, 0.1) is 11.2 Å². The van der Waals surface area contributed by atoms with E-state index in [4.69, 9.17) is 5.73 Å². The highest BCUT2D eigenvalue weighted by Crippen LogP contribution is 2.40. The maximum absolute atomic E-state index is 12.7. The zero-order valence-corrected chi connectivity index (χ0v) is 9.00. The molecule has 1 amide bonds. The lowest BCUT2D eigenvalue weighted by Crippen LogP contribution is -2.47. The van der Waals surface area contributed by atoms with Crippen molar-refractivity contribution in [3.05, 3.63) is 30.1 Å². The van der Waals surface area contributed by atoms with E-state index in [9.17, 15) is 9.18 Å². The van der Waals surface area contributed by atoms with Crippen molar-refractivity contribution in [2.75, 3.05) is 11.9 Å². The summed E-state index contributed by atoms with van der Waals surface area (Å²) in [4.78, 5) is 11.9. The van der Waals surface area contributed by atoms with E-state index < -0.39 is 5.41 Å². The molecule has 16 heavy (non-hydrogen) atoms. The summed E-state index contributed by atoms with van der Waals surface area (Å²) >= 11 is 0. The van der Waals surface area contributed by atoms with Gasteiger partial charge in [0.05, 0.1) is 5.41 Å². The first kappa shape index (κ1) is 11.1. The zero-order chi connectivity index (χ0) is 11.6. The van der Waals surface area contributed by atoms with Crippen LogP contribution in [0.25, 0.3) is 0 Å². The van der Waals surface area contributed by atoms with Crippen molar-refractivity contribution in [1.82, 2.24) is 0 Å². The second-order valence-electron chi connectivity index (χ2n) is 4.30. The molecule has 0 aromatic heterocycles. The summed E-state index contributed by atoms with van der Waals surface area (Å²) in [6.45, 7) is 0.375. The number of anilines is 1. The third-order valence-corrected chi connectivity index (χ3v) is 3.29. The molecular formula is C12H15FN2O. The van der Waals surface area contributed by atoms with E-state index in [0.717, 1.165) is 19.3 Å². The van der Waals surface area contributed by atoms with Crippen LogP contribution in [0.1, 0.15) is 19.3 Å². The standard InChI is InChI=1S/C12H15FN2O/c13-9-2-4-10(5-3-9)15-11(16)12(8-14)6-1-7-12/h2-5H,1,6-8,14H2,(H,15,16). The molecular weight excluding hydrogens is 207 g/mol. The van der Waals surface area contributed by atoms with E-state index in [1.807, 2.05) is 0 Å². The minimum Gasteiger partial charge on any atom is -0.329 e. The first-order valence-corrected chi connectivity index (χ1v) is 5.43. The Kier molecular flexibility index (Phi) is 2.92. The van der Waals surface area contributed by atoms with Crippen LogP contribution in [0.5, 0.6) is 0 Å². The van der Waals surface area contributed by atoms with Gasteiger partial charge in [-0.05, 0) is 37.1 Å². The summed E-state index contributed by atoms with van der Waals surface area (Å²) in [6.07, 6.45) is 2.74. The Morgan fingerprint density at radius 3 is 2.44 bits per heavy atom. The fourth-order valence-electron chi connectivity index (χ4n) is 1.92. The molecule has 4 heteroatoms. The number of rotatable bonds is 3. The Balaban J connectivity index is 2.04. The number of carbonyl (C=O) groups excluding carboxylic acids is 1. The predicted molar refractivity (Wildman–Crippen MR) is 60.4 cm³/mol. The van der Waals surface area contributed by atoms with Crippen LogP contribution >= 0.6 is 0 Å². The summed E-state index contributed by atoms with van der Waals surface area (Å²) in [6, 6.07) is 5.75. The Morgan fingerprint density at radius 1 is 1.38 bits per heavy atom. The van der Waals surface area contributed by atoms with Gasteiger partial charge in [-0.1, -0.05) is 6.42 Å². The first-order chi connectivity index (χ1) is 7.66. The van der Waals surface area contributed by atoms with E-state index >= 15 is 0 Å². The van der Waals surface area contributed by atoms with Gasteiger partial charge < -0.3 is 11.1 Å². The summed E-state index contributed by atoms with van der Waals surface area (Å²) in [7, 11) is 0. The van der Waals surface area contributed by atoms with Crippen LogP contribution in [-0.4, -0.2) is 12.5 Å². The van der Waals surface area contributed by atoms with Crippen molar-refractivity contribution in [3.8, 4) is 0 Å². The molecule has 1 aromatic carbocycles. The largest absolute Gasteiger partial charge is 0.329 e. The number of nitrogens with one attached hydrogen (secondary N) is 1. The Hall–Kier alpha value is -1.42. The summed E-state index contributed by atoms with van der Waals surface area (Å²) < 4.78 is 12.7. The maximum Gasteiger partial charge on any atom is 0.231 e. The van der Waals surface area contributed by atoms with Crippen LogP contribution in [-0.2, 0) is 4.79 Å². The average molecular weight is 222 g/mol. The highest BCUT2D eigenvalue weighted by Gasteiger charge is 2.42. The van der Waals surface area contributed by atoms with Gasteiger partial charge in [0.15, 0.2) is 0 Å². The molecule has 3 nitrogen and oxygen atoms in total. The summed E-state index contributed by atoms with van der Waals surface area (Å²) in [5, 5.41) is 2.78. The van der Waals surface area contributed by atoms with Crippen molar-refractivity contribution in [3.63, 3.8) is 0 Å². The van der Waals surface area contributed by atoms with Crippen molar-refractivity contribution in [2.24, 2.45) is 11.1 Å². The molecule has 0 bridgehead atoms.